The minimum absolute atomic E-state index is 0.224. The van der Waals surface area contributed by atoms with Crippen molar-refractivity contribution in [3.63, 3.8) is 0 Å². The fraction of sp³-hybridized carbons (Fsp3) is 0.500. The minimum atomic E-state index is -0.529. The zero-order valence-corrected chi connectivity index (χ0v) is 13.6. The van der Waals surface area contributed by atoms with Gasteiger partial charge in [0.05, 0.1) is 13.0 Å². The van der Waals surface area contributed by atoms with Crippen molar-refractivity contribution in [2.75, 3.05) is 23.8 Å². The van der Waals surface area contributed by atoms with E-state index in [1.807, 2.05) is 32.9 Å². The number of nitrogens with one attached hydrogen (secondary N) is 2. The first kappa shape index (κ1) is 17.8. The monoisotopic (exact) mass is 308 g/mol. The lowest BCUT2D eigenvalue weighted by Gasteiger charge is -2.19. The van der Waals surface area contributed by atoms with Crippen molar-refractivity contribution >= 4 is 23.4 Å². The van der Waals surface area contributed by atoms with Gasteiger partial charge in [-0.15, -0.1) is 0 Å². The summed E-state index contributed by atoms with van der Waals surface area (Å²) in [7, 11) is 0. The van der Waals surface area contributed by atoms with Crippen LogP contribution in [-0.4, -0.2) is 30.8 Å². The van der Waals surface area contributed by atoms with Crippen molar-refractivity contribution in [2.45, 2.75) is 39.7 Å². The third kappa shape index (κ3) is 7.52. The van der Waals surface area contributed by atoms with Crippen LogP contribution in [0.15, 0.2) is 24.3 Å². The molecule has 1 amide bonds. The van der Waals surface area contributed by atoms with Gasteiger partial charge < -0.3 is 14.8 Å². The van der Waals surface area contributed by atoms with Crippen LogP contribution in [0.4, 0.5) is 16.2 Å². The van der Waals surface area contributed by atoms with Gasteiger partial charge in [-0.25, -0.2) is 4.79 Å². The highest BCUT2D eigenvalue weighted by Gasteiger charge is 2.16. The molecule has 0 aromatic heterocycles. The maximum atomic E-state index is 11.6. The molecule has 0 saturated heterocycles. The van der Waals surface area contributed by atoms with E-state index in [0.717, 1.165) is 5.69 Å². The lowest BCUT2D eigenvalue weighted by molar-refractivity contribution is -0.142. The van der Waals surface area contributed by atoms with E-state index in [-0.39, 0.29) is 5.97 Å². The summed E-state index contributed by atoms with van der Waals surface area (Å²) in [6.07, 6.45) is -0.179. The number of hydrogen-bond acceptors (Lipinski definition) is 5. The minimum Gasteiger partial charge on any atom is -0.466 e. The Balaban J connectivity index is 2.40. The van der Waals surface area contributed by atoms with Crippen LogP contribution in [0.2, 0.25) is 0 Å². The summed E-state index contributed by atoms with van der Waals surface area (Å²) in [5, 5.41) is 5.76. The maximum absolute atomic E-state index is 11.6. The second kappa shape index (κ2) is 8.26. The van der Waals surface area contributed by atoms with Crippen LogP contribution < -0.4 is 10.6 Å². The summed E-state index contributed by atoms with van der Waals surface area (Å²) >= 11 is 0. The fourth-order valence-electron chi connectivity index (χ4n) is 1.63. The molecule has 1 rings (SSSR count). The smallest absolute Gasteiger partial charge is 0.412 e. The molecule has 0 aliphatic rings. The highest BCUT2D eigenvalue weighted by atomic mass is 16.6. The zero-order chi connectivity index (χ0) is 16.6. The number of amides is 1. The average molecular weight is 308 g/mol. The molecule has 0 spiro atoms. The van der Waals surface area contributed by atoms with Gasteiger partial charge in [0.15, 0.2) is 0 Å². The lowest BCUT2D eigenvalue weighted by atomic mass is 10.2. The Morgan fingerprint density at radius 3 is 2.23 bits per heavy atom. The van der Waals surface area contributed by atoms with Crippen molar-refractivity contribution in [3.05, 3.63) is 24.3 Å². The summed E-state index contributed by atoms with van der Waals surface area (Å²) in [6, 6.07) is 7.16. The van der Waals surface area contributed by atoms with Gasteiger partial charge in [-0.1, -0.05) is 0 Å². The Morgan fingerprint density at radius 2 is 1.68 bits per heavy atom. The van der Waals surface area contributed by atoms with Crippen LogP contribution in [0.25, 0.3) is 0 Å². The molecule has 0 fully saturated rings. The van der Waals surface area contributed by atoms with E-state index in [4.69, 9.17) is 9.47 Å². The Labute approximate surface area is 131 Å². The number of hydrogen-bond donors (Lipinski definition) is 2. The van der Waals surface area contributed by atoms with E-state index >= 15 is 0 Å². The molecule has 0 heterocycles. The van der Waals surface area contributed by atoms with E-state index in [1.54, 1.807) is 19.1 Å². The maximum Gasteiger partial charge on any atom is 0.412 e. The number of esters is 1. The standard InChI is InChI=1S/C16H24N2O4/c1-5-21-14(19)10-11-17-12-6-8-13(9-7-12)18-15(20)22-16(2,3)4/h6-9,17H,5,10-11H2,1-4H3,(H,18,20). The quantitative estimate of drug-likeness (QED) is 0.788. The Bertz CT molecular complexity index is 492. The molecular formula is C16H24N2O4. The third-order valence-corrected chi connectivity index (χ3v) is 2.49. The van der Waals surface area contributed by atoms with Gasteiger partial charge in [0.2, 0.25) is 0 Å². The van der Waals surface area contributed by atoms with Gasteiger partial charge in [0.25, 0.3) is 0 Å². The van der Waals surface area contributed by atoms with Gasteiger partial charge in [0, 0.05) is 17.9 Å². The predicted molar refractivity (Wildman–Crippen MR) is 86.0 cm³/mol. The molecule has 0 atom stereocenters. The molecule has 22 heavy (non-hydrogen) atoms. The first-order valence-electron chi connectivity index (χ1n) is 7.29. The first-order valence-corrected chi connectivity index (χ1v) is 7.29. The number of carbonyl (C=O) groups excluding carboxylic acids is 2. The second-order valence-corrected chi connectivity index (χ2v) is 5.69. The fourth-order valence-corrected chi connectivity index (χ4v) is 1.63. The topological polar surface area (TPSA) is 76.7 Å². The summed E-state index contributed by atoms with van der Waals surface area (Å²) in [6.45, 7) is 8.10. The van der Waals surface area contributed by atoms with Crippen LogP contribution in [0, 0.1) is 0 Å². The number of rotatable bonds is 6. The number of carbonyl (C=O) groups is 2. The van der Waals surface area contributed by atoms with Crippen molar-refractivity contribution < 1.29 is 19.1 Å². The van der Waals surface area contributed by atoms with Gasteiger partial charge >= 0.3 is 12.1 Å². The SMILES string of the molecule is CCOC(=O)CCNc1ccc(NC(=O)OC(C)(C)C)cc1. The Kier molecular flexibility index (Phi) is 6.69. The van der Waals surface area contributed by atoms with E-state index in [9.17, 15) is 9.59 Å². The van der Waals surface area contributed by atoms with Gasteiger partial charge in [-0.3, -0.25) is 10.1 Å². The highest BCUT2D eigenvalue weighted by Crippen LogP contribution is 2.15. The molecule has 6 heteroatoms. The normalized spacial score (nSPS) is 10.7. The molecule has 1 aromatic rings. The van der Waals surface area contributed by atoms with Crippen LogP contribution >= 0.6 is 0 Å². The molecule has 1 aromatic carbocycles. The Morgan fingerprint density at radius 1 is 1.09 bits per heavy atom. The molecule has 0 aliphatic carbocycles. The number of ether oxygens (including phenoxy) is 2. The van der Waals surface area contributed by atoms with Crippen LogP contribution in [0.5, 0.6) is 0 Å². The number of benzene rings is 1. The average Bonchev–Trinajstić information content (AvgIpc) is 2.39. The molecule has 0 unspecified atom stereocenters. The van der Waals surface area contributed by atoms with E-state index < -0.39 is 11.7 Å². The van der Waals surface area contributed by atoms with E-state index in [0.29, 0.717) is 25.3 Å². The van der Waals surface area contributed by atoms with Crippen molar-refractivity contribution in [1.82, 2.24) is 0 Å². The van der Waals surface area contributed by atoms with Crippen molar-refractivity contribution in [1.29, 1.82) is 0 Å². The third-order valence-electron chi connectivity index (χ3n) is 2.49. The summed E-state index contributed by atoms with van der Waals surface area (Å²) in [5.74, 6) is -0.224. The highest BCUT2D eigenvalue weighted by molar-refractivity contribution is 5.85. The summed E-state index contributed by atoms with van der Waals surface area (Å²) < 4.78 is 10.0. The van der Waals surface area contributed by atoms with E-state index in [2.05, 4.69) is 10.6 Å². The van der Waals surface area contributed by atoms with Crippen LogP contribution in [0.1, 0.15) is 34.1 Å². The molecule has 122 valence electrons. The molecule has 2 N–H and O–H groups in total. The lowest BCUT2D eigenvalue weighted by Crippen LogP contribution is -2.27. The molecule has 0 saturated carbocycles. The van der Waals surface area contributed by atoms with Crippen molar-refractivity contribution in [3.8, 4) is 0 Å². The first-order chi connectivity index (χ1) is 10.3. The molecule has 0 bridgehead atoms. The number of anilines is 2. The molecule has 6 nitrogen and oxygen atoms in total. The van der Waals surface area contributed by atoms with Crippen LogP contribution in [0.3, 0.4) is 0 Å². The van der Waals surface area contributed by atoms with Gasteiger partial charge in [-0.05, 0) is 52.0 Å². The summed E-state index contributed by atoms with van der Waals surface area (Å²) in [4.78, 5) is 22.8. The van der Waals surface area contributed by atoms with Crippen LogP contribution in [-0.2, 0) is 14.3 Å². The Hall–Kier alpha value is -2.24. The second-order valence-electron chi connectivity index (χ2n) is 5.69. The van der Waals surface area contributed by atoms with E-state index in [1.165, 1.54) is 0 Å². The zero-order valence-electron chi connectivity index (χ0n) is 13.6. The van der Waals surface area contributed by atoms with Gasteiger partial charge in [0.1, 0.15) is 5.60 Å². The molecular weight excluding hydrogens is 284 g/mol. The molecule has 0 aliphatic heterocycles. The largest absolute Gasteiger partial charge is 0.466 e. The van der Waals surface area contributed by atoms with Gasteiger partial charge in [-0.2, -0.15) is 0 Å². The molecule has 0 radical (unpaired) electrons. The van der Waals surface area contributed by atoms with Crippen molar-refractivity contribution in [2.24, 2.45) is 0 Å². The predicted octanol–water partition coefficient (Wildman–Crippen LogP) is 3.40. The summed E-state index contributed by atoms with van der Waals surface area (Å²) in [5.41, 5.74) is 0.975.